The predicted molar refractivity (Wildman–Crippen MR) is 108 cm³/mol. The average Bonchev–Trinajstić information content (AvgIpc) is 2.69. The smallest absolute Gasteiger partial charge is 0.307 e. The van der Waals surface area contributed by atoms with Gasteiger partial charge in [0.05, 0.1) is 25.0 Å². The van der Waals surface area contributed by atoms with Crippen LogP contribution in [0.4, 0.5) is 5.69 Å². The molecular weight excluding hydrogens is 396 g/mol. The van der Waals surface area contributed by atoms with Gasteiger partial charge >= 0.3 is 5.97 Å². The van der Waals surface area contributed by atoms with Crippen molar-refractivity contribution in [3.8, 4) is 5.75 Å². The zero-order valence-corrected chi connectivity index (χ0v) is 17.3. The van der Waals surface area contributed by atoms with Gasteiger partial charge in [-0.05, 0) is 62.4 Å². The van der Waals surface area contributed by atoms with Gasteiger partial charge < -0.3 is 14.8 Å². The first-order valence-corrected chi connectivity index (χ1v) is 10.5. The lowest BCUT2D eigenvalue weighted by atomic mass is 10.2. The van der Waals surface area contributed by atoms with E-state index in [0.717, 1.165) is 0 Å². The molecule has 0 aliphatic carbocycles. The van der Waals surface area contributed by atoms with Crippen LogP contribution in [0.3, 0.4) is 0 Å². The van der Waals surface area contributed by atoms with Gasteiger partial charge in [0, 0.05) is 17.3 Å². The standard InChI is InChI=1S/C20H24N2O6S/c1-4-28-17-9-7-16(8-10-17)22-29(25,26)18-11-5-15(6-12-18)20(24)21-14(2)13-19(23)27-3/h5-12,14,22H,4,13H2,1-3H3,(H,21,24). The van der Waals surface area contributed by atoms with Crippen molar-refractivity contribution in [1.29, 1.82) is 0 Å². The lowest BCUT2D eigenvalue weighted by molar-refractivity contribution is -0.141. The lowest BCUT2D eigenvalue weighted by Crippen LogP contribution is -2.34. The molecule has 0 saturated carbocycles. The third-order valence-corrected chi connectivity index (χ3v) is 5.32. The van der Waals surface area contributed by atoms with Gasteiger partial charge in [0.1, 0.15) is 5.75 Å². The average molecular weight is 420 g/mol. The normalized spacial score (nSPS) is 12.0. The van der Waals surface area contributed by atoms with Crippen LogP contribution < -0.4 is 14.8 Å². The minimum atomic E-state index is -3.81. The van der Waals surface area contributed by atoms with E-state index >= 15 is 0 Å². The Hall–Kier alpha value is -3.07. The van der Waals surface area contributed by atoms with Crippen LogP contribution >= 0.6 is 0 Å². The number of benzene rings is 2. The van der Waals surface area contributed by atoms with Gasteiger partial charge in [-0.1, -0.05) is 0 Å². The zero-order chi connectivity index (χ0) is 21.4. The molecule has 1 amide bonds. The molecule has 9 heteroatoms. The Morgan fingerprint density at radius 1 is 1.03 bits per heavy atom. The number of esters is 1. The van der Waals surface area contributed by atoms with Crippen LogP contribution in [-0.2, 0) is 19.6 Å². The van der Waals surface area contributed by atoms with Crippen LogP contribution in [0.1, 0.15) is 30.6 Å². The minimum Gasteiger partial charge on any atom is -0.494 e. The number of hydrogen-bond donors (Lipinski definition) is 2. The highest BCUT2D eigenvalue weighted by Gasteiger charge is 2.17. The number of anilines is 1. The number of carbonyl (C=O) groups excluding carboxylic acids is 2. The van der Waals surface area contributed by atoms with Crippen LogP contribution in [0.25, 0.3) is 0 Å². The number of rotatable bonds is 9. The molecule has 156 valence electrons. The zero-order valence-electron chi connectivity index (χ0n) is 16.5. The summed E-state index contributed by atoms with van der Waals surface area (Å²) in [5, 5.41) is 2.66. The molecule has 0 heterocycles. The maximum Gasteiger partial charge on any atom is 0.307 e. The maximum atomic E-state index is 12.5. The van der Waals surface area contributed by atoms with Crippen LogP contribution in [0.2, 0.25) is 0 Å². The van der Waals surface area contributed by atoms with E-state index in [0.29, 0.717) is 18.0 Å². The molecule has 1 atom stereocenters. The molecule has 1 unspecified atom stereocenters. The Labute approximate surface area is 170 Å². The van der Waals surface area contributed by atoms with Crippen molar-refractivity contribution in [2.24, 2.45) is 0 Å². The van der Waals surface area contributed by atoms with Crippen LogP contribution in [-0.4, -0.2) is 40.1 Å². The highest BCUT2D eigenvalue weighted by Crippen LogP contribution is 2.20. The molecule has 29 heavy (non-hydrogen) atoms. The van der Waals surface area contributed by atoms with Crippen molar-refractivity contribution in [1.82, 2.24) is 5.32 Å². The van der Waals surface area contributed by atoms with Crippen molar-refractivity contribution in [2.75, 3.05) is 18.4 Å². The van der Waals surface area contributed by atoms with E-state index in [1.165, 1.54) is 31.4 Å². The number of sulfonamides is 1. The number of hydrogen-bond acceptors (Lipinski definition) is 6. The number of ether oxygens (including phenoxy) is 2. The van der Waals surface area contributed by atoms with Crippen molar-refractivity contribution in [2.45, 2.75) is 31.2 Å². The van der Waals surface area contributed by atoms with Crippen molar-refractivity contribution >= 4 is 27.6 Å². The molecule has 0 spiro atoms. The topological polar surface area (TPSA) is 111 Å². The summed E-state index contributed by atoms with van der Waals surface area (Å²) in [6, 6.07) is 11.6. The summed E-state index contributed by atoms with van der Waals surface area (Å²) in [5.41, 5.74) is 0.675. The Balaban J connectivity index is 2.04. The van der Waals surface area contributed by atoms with E-state index in [2.05, 4.69) is 14.8 Å². The summed E-state index contributed by atoms with van der Waals surface area (Å²) in [5.74, 6) is -0.198. The van der Waals surface area contributed by atoms with Gasteiger partial charge in [-0.15, -0.1) is 0 Å². The van der Waals surface area contributed by atoms with Gasteiger partial charge in [-0.2, -0.15) is 0 Å². The molecule has 0 bridgehead atoms. The molecule has 2 aromatic rings. The van der Waals surface area contributed by atoms with E-state index in [1.807, 2.05) is 6.92 Å². The van der Waals surface area contributed by atoms with E-state index in [-0.39, 0.29) is 16.9 Å². The van der Waals surface area contributed by atoms with Gasteiger partial charge in [-0.3, -0.25) is 14.3 Å². The lowest BCUT2D eigenvalue weighted by Gasteiger charge is -2.13. The Kier molecular flexibility index (Phi) is 7.60. The number of methoxy groups -OCH3 is 1. The third kappa shape index (κ3) is 6.49. The van der Waals surface area contributed by atoms with Crippen LogP contribution in [0.5, 0.6) is 5.75 Å². The molecule has 8 nitrogen and oxygen atoms in total. The Morgan fingerprint density at radius 3 is 2.21 bits per heavy atom. The molecular formula is C20H24N2O6S. The van der Waals surface area contributed by atoms with E-state index in [4.69, 9.17) is 4.74 Å². The fourth-order valence-corrected chi connectivity index (χ4v) is 3.54. The Morgan fingerprint density at radius 2 is 1.66 bits per heavy atom. The first-order chi connectivity index (χ1) is 13.7. The molecule has 2 N–H and O–H groups in total. The predicted octanol–water partition coefficient (Wildman–Crippen LogP) is 2.57. The first kappa shape index (κ1) is 22.2. The summed E-state index contributed by atoms with van der Waals surface area (Å²) in [4.78, 5) is 23.5. The van der Waals surface area contributed by atoms with E-state index in [1.54, 1.807) is 31.2 Å². The fourth-order valence-electron chi connectivity index (χ4n) is 2.48. The quantitative estimate of drug-likeness (QED) is 0.603. The fraction of sp³-hybridized carbons (Fsp3) is 0.300. The van der Waals surface area contributed by atoms with Gasteiger partial charge in [0.15, 0.2) is 0 Å². The van der Waals surface area contributed by atoms with Gasteiger partial charge in [0.2, 0.25) is 0 Å². The maximum absolute atomic E-state index is 12.5. The molecule has 2 rings (SSSR count). The SMILES string of the molecule is CCOc1ccc(NS(=O)(=O)c2ccc(C(=O)NC(C)CC(=O)OC)cc2)cc1. The summed E-state index contributed by atoms with van der Waals surface area (Å²) >= 11 is 0. The summed E-state index contributed by atoms with van der Waals surface area (Å²) < 4.78 is 37.4. The first-order valence-electron chi connectivity index (χ1n) is 8.98. The molecule has 0 aromatic heterocycles. The second-order valence-electron chi connectivity index (χ2n) is 6.24. The second-order valence-corrected chi connectivity index (χ2v) is 7.92. The van der Waals surface area contributed by atoms with Gasteiger partial charge in [0.25, 0.3) is 15.9 Å². The second kappa shape index (κ2) is 9.92. The minimum absolute atomic E-state index is 0.0190. The molecule has 0 aliphatic rings. The van der Waals surface area contributed by atoms with E-state index < -0.39 is 27.9 Å². The molecule has 2 aromatic carbocycles. The molecule has 0 aliphatic heterocycles. The molecule has 0 radical (unpaired) electrons. The summed E-state index contributed by atoms with van der Waals surface area (Å²) in [7, 11) is -2.53. The largest absolute Gasteiger partial charge is 0.494 e. The van der Waals surface area contributed by atoms with Gasteiger partial charge in [-0.25, -0.2) is 8.42 Å². The van der Waals surface area contributed by atoms with Crippen molar-refractivity contribution in [3.05, 3.63) is 54.1 Å². The molecule has 0 fully saturated rings. The number of carbonyl (C=O) groups is 2. The van der Waals surface area contributed by atoms with Crippen molar-refractivity contribution < 1.29 is 27.5 Å². The number of nitrogens with one attached hydrogen (secondary N) is 2. The summed E-state index contributed by atoms with van der Waals surface area (Å²) in [6.45, 7) is 4.06. The monoisotopic (exact) mass is 420 g/mol. The highest BCUT2D eigenvalue weighted by atomic mass is 32.2. The van der Waals surface area contributed by atoms with Crippen molar-refractivity contribution in [3.63, 3.8) is 0 Å². The third-order valence-electron chi connectivity index (χ3n) is 3.92. The summed E-state index contributed by atoms with van der Waals surface area (Å²) in [6.07, 6.45) is 0.0424. The van der Waals surface area contributed by atoms with Crippen LogP contribution in [0.15, 0.2) is 53.4 Å². The van der Waals surface area contributed by atoms with Crippen LogP contribution in [0, 0.1) is 0 Å². The highest BCUT2D eigenvalue weighted by molar-refractivity contribution is 7.92. The number of amides is 1. The van der Waals surface area contributed by atoms with E-state index in [9.17, 15) is 18.0 Å². The Bertz CT molecular complexity index is 940. The molecule has 0 saturated heterocycles.